The summed E-state index contributed by atoms with van der Waals surface area (Å²) < 4.78 is 12.0. The van der Waals surface area contributed by atoms with Crippen molar-refractivity contribution in [1.82, 2.24) is 10.2 Å². The lowest BCUT2D eigenvalue weighted by Crippen LogP contribution is -2.40. The molecule has 1 aliphatic heterocycles. The van der Waals surface area contributed by atoms with Gasteiger partial charge in [-0.25, -0.2) is 4.79 Å². The predicted octanol–water partition coefficient (Wildman–Crippen LogP) is 3.17. The number of hydrogen-bond acceptors (Lipinski definition) is 4. The van der Waals surface area contributed by atoms with Crippen molar-refractivity contribution in [2.75, 3.05) is 20.2 Å². The van der Waals surface area contributed by atoms with Crippen LogP contribution in [0.25, 0.3) is 0 Å². The van der Waals surface area contributed by atoms with E-state index in [0.29, 0.717) is 19.6 Å². The topological polar surface area (TPSA) is 50.8 Å². The zero-order valence-electron chi connectivity index (χ0n) is 14.1. The van der Waals surface area contributed by atoms with Crippen LogP contribution in [0.4, 0.5) is 4.79 Å². The number of nitrogens with one attached hydrogen (secondary N) is 1. The number of amides is 1. The standard InChI is InChI=1S/C17H25BrN2O3/c1-17(2,3)23-16(21)20-10-14(15(11-20)22-4)19-9-12-7-5-6-8-13(12)18/h5-8,14-15,19H,9-11H2,1-4H3/t14?,15-/m0/s1. The van der Waals surface area contributed by atoms with Crippen molar-refractivity contribution < 1.29 is 14.3 Å². The van der Waals surface area contributed by atoms with Gasteiger partial charge in [-0.3, -0.25) is 0 Å². The number of nitrogens with zero attached hydrogens (tertiary/aromatic N) is 1. The summed E-state index contributed by atoms with van der Waals surface area (Å²) in [7, 11) is 1.68. The number of hydrogen-bond donors (Lipinski definition) is 1. The van der Waals surface area contributed by atoms with Crippen molar-refractivity contribution in [2.45, 2.75) is 45.1 Å². The van der Waals surface area contributed by atoms with Crippen LogP contribution in [-0.2, 0) is 16.0 Å². The van der Waals surface area contributed by atoms with Crippen molar-refractivity contribution in [3.8, 4) is 0 Å². The highest BCUT2D eigenvalue weighted by molar-refractivity contribution is 9.10. The largest absolute Gasteiger partial charge is 0.444 e. The van der Waals surface area contributed by atoms with Gasteiger partial charge in [0.05, 0.1) is 18.7 Å². The first kappa shape index (κ1) is 18.2. The second-order valence-corrected chi connectivity index (χ2v) is 7.59. The Balaban J connectivity index is 1.94. The molecule has 1 fully saturated rings. The molecule has 1 unspecified atom stereocenters. The molecule has 0 saturated carbocycles. The van der Waals surface area contributed by atoms with E-state index in [1.54, 1.807) is 12.0 Å². The molecule has 1 saturated heterocycles. The van der Waals surface area contributed by atoms with Crippen molar-refractivity contribution in [1.29, 1.82) is 0 Å². The second-order valence-electron chi connectivity index (χ2n) is 6.74. The quantitative estimate of drug-likeness (QED) is 0.865. The normalized spacial score (nSPS) is 21.5. The zero-order chi connectivity index (χ0) is 17.0. The molecule has 1 aliphatic rings. The number of halogens is 1. The van der Waals surface area contributed by atoms with E-state index in [4.69, 9.17) is 9.47 Å². The third kappa shape index (κ3) is 5.19. The lowest BCUT2D eigenvalue weighted by atomic mass is 10.2. The van der Waals surface area contributed by atoms with Crippen LogP contribution < -0.4 is 5.32 Å². The minimum Gasteiger partial charge on any atom is -0.444 e. The first-order valence-corrected chi connectivity index (χ1v) is 8.57. The van der Waals surface area contributed by atoms with Crippen LogP contribution >= 0.6 is 15.9 Å². The fourth-order valence-electron chi connectivity index (χ4n) is 2.57. The first-order chi connectivity index (χ1) is 10.8. The molecule has 1 N–H and O–H groups in total. The predicted molar refractivity (Wildman–Crippen MR) is 93.4 cm³/mol. The third-order valence-corrected chi connectivity index (χ3v) is 4.51. The van der Waals surface area contributed by atoms with E-state index < -0.39 is 5.60 Å². The highest BCUT2D eigenvalue weighted by Crippen LogP contribution is 2.20. The number of ether oxygens (including phenoxy) is 2. The Morgan fingerprint density at radius 2 is 2.04 bits per heavy atom. The Morgan fingerprint density at radius 3 is 2.65 bits per heavy atom. The minimum absolute atomic E-state index is 0.0370. The summed E-state index contributed by atoms with van der Waals surface area (Å²) in [5.74, 6) is 0. The van der Waals surface area contributed by atoms with E-state index >= 15 is 0 Å². The van der Waals surface area contributed by atoms with Gasteiger partial charge in [0.1, 0.15) is 5.60 Å². The number of methoxy groups -OCH3 is 1. The second kappa shape index (κ2) is 7.64. The molecular weight excluding hydrogens is 360 g/mol. The molecule has 0 bridgehead atoms. The summed E-state index contributed by atoms with van der Waals surface area (Å²) in [5.41, 5.74) is 0.693. The van der Waals surface area contributed by atoms with Crippen LogP contribution in [0.3, 0.4) is 0 Å². The van der Waals surface area contributed by atoms with Gasteiger partial charge >= 0.3 is 6.09 Å². The number of benzene rings is 1. The Kier molecular flexibility index (Phi) is 6.06. The van der Waals surface area contributed by atoms with Crippen LogP contribution in [0, 0.1) is 0 Å². The van der Waals surface area contributed by atoms with E-state index in [1.807, 2.05) is 39.0 Å². The van der Waals surface area contributed by atoms with Gasteiger partial charge in [-0.15, -0.1) is 0 Å². The van der Waals surface area contributed by atoms with Crippen molar-refractivity contribution in [3.05, 3.63) is 34.3 Å². The molecular formula is C17H25BrN2O3. The molecule has 128 valence electrons. The number of likely N-dealkylation sites (tertiary alicyclic amines) is 1. The highest BCUT2D eigenvalue weighted by Gasteiger charge is 2.37. The van der Waals surface area contributed by atoms with Crippen LogP contribution in [0.1, 0.15) is 26.3 Å². The molecule has 0 aromatic heterocycles. The van der Waals surface area contributed by atoms with Crippen LogP contribution in [0.2, 0.25) is 0 Å². The van der Waals surface area contributed by atoms with E-state index in [-0.39, 0.29) is 18.2 Å². The Labute approximate surface area is 146 Å². The van der Waals surface area contributed by atoms with Crippen LogP contribution in [0.15, 0.2) is 28.7 Å². The Bertz CT molecular complexity index is 545. The SMILES string of the molecule is CO[C@H]1CN(C(=O)OC(C)(C)C)CC1NCc1ccccc1Br. The molecule has 1 amide bonds. The van der Waals surface area contributed by atoms with Crippen LogP contribution in [0.5, 0.6) is 0 Å². The van der Waals surface area contributed by atoms with Crippen molar-refractivity contribution in [3.63, 3.8) is 0 Å². The number of rotatable bonds is 4. The number of carbonyl (C=O) groups is 1. The van der Waals surface area contributed by atoms with Crippen molar-refractivity contribution in [2.24, 2.45) is 0 Å². The van der Waals surface area contributed by atoms with Gasteiger partial charge in [-0.2, -0.15) is 0 Å². The molecule has 6 heteroatoms. The van der Waals surface area contributed by atoms with Gasteiger partial charge in [0, 0.05) is 24.7 Å². The van der Waals surface area contributed by atoms with Gasteiger partial charge in [0.2, 0.25) is 0 Å². The fraction of sp³-hybridized carbons (Fsp3) is 0.588. The van der Waals surface area contributed by atoms with Gasteiger partial charge in [-0.1, -0.05) is 34.1 Å². The molecule has 2 atom stereocenters. The average molecular weight is 385 g/mol. The minimum atomic E-state index is -0.486. The lowest BCUT2D eigenvalue weighted by Gasteiger charge is -2.24. The molecule has 0 aliphatic carbocycles. The van der Waals surface area contributed by atoms with Crippen molar-refractivity contribution >= 4 is 22.0 Å². The summed E-state index contributed by atoms with van der Waals surface area (Å²) in [5, 5.41) is 3.48. The molecule has 0 spiro atoms. The molecule has 1 heterocycles. The summed E-state index contributed by atoms with van der Waals surface area (Å²) in [4.78, 5) is 13.9. The molecule has 0 radical (unpaired) electrons. The fourth-order valence-corrected chi connectivity index (χ4v) is 2.99. The maximum Gasteiger partial charge on any atom is 0.410 e. The summed E-state index contributed by atoms with van der Waals surface area (Å²) in [6.45, 7) is 7.46. The summed E-state index contributed by atoms with van der Waals surface area (Å²) in [6.07, 6.45) is -0.324. The monoisotopic (exact) mass is 384 g/mol. The molecule has 2 rings (SSSR count). The van der Waals surface area contributed by atoms with E-state index in [1.165, 1.54) is 5.56 Å². The van der Waals surface area contributed by atoms with Crippen LogP contribution in [-0.4, -0.2) is 48.9 Å². The summed E-state index contributed by atoms with van der Waals surface area (Å²) in [6, 6.07) is 8.17. The summed E-state index contributed by atoms with van der Waals surface area (Å²) >= 11 is 3.55. The molecule has 23 heavy (non-hydrogen) atoms. The Hall–Kier alpha value is -1.11. The van der Waals surface area contributed by atoms with E-state index in [2.05, 4.69) is 27.3 Å². The molecule has 1 aromatic carbocycles. The van der Waals surface area contributed by atoms with E-state index in [0.717, 1.165) is 4.47 Å². The Morgan fingerprint density at radius 1 is 1.35 bits per heavy atom. The molecule has 5 nitrogen and oxygen atoms in total. The first-order valence-electron chi connectivity index (χ1n) is 7.77. The average Bonchev–Trinajstić information content (AvgIpc) is 2.88. The van der Waals surface area contributed by atoms with Gasteiger partial charge in [0.25, 0.3) is 0 Å². The van der Waals surface area contributed by atoms with Gasteiger partial charge < -0.3 is 19.7 Å². The highest BCUT2D eigenvalue weighted by atomic mass is 79.9. The molecule has 1 aromatic rings. The maximum atomic E-state index is 12.2. The lowest BCUT2D eigenvalue weighted by molar-refractivity contribution is 0.0252. The van der Waals surface area contributed by atoms with Gasteiger partial charge in [0.15, 0.2) is 0 Å². The maximum absolute atomic E-state index is 12.2. The van der Waals surface area contributed by atoms with E-state index in [9.17, 15) is 4.79 Å². The van der Waals surface area contributed by atoms with Gasteiger partial charge in [-0.05, 0) is 32.4 Å². The smallest absolute Gasteiger partial charge is 0.410 e. The zero-order valence-corrected chi connectivity index (χ0v) is 15.7. The third-order valence-electron chi connectivity index (χ3n) is 3.73. The number of carbonyl (C=O) groups excluding carboxylic acids is 1.